The number of aliphatic carboxylic acids is 1. The number of carboxylic acids is 1. The predicted molar refractivity (Wildman–Crippen MR) is 67.1 cm³/mol. The highest BCUT2D eigenvalue weighted by atomic mass is 16.4. The number of carbonyl (C=O) groups is 2. The van der Waals surface area contributed by atoms with Crippen LogP contribution in [0.15, 0.2) is 18.2 Å². The van der Waals surface area contributed by atoms with Crippen molar-refractivity contribution in [1.82, 2.24) is 4.90 Å². The van der Waals surface area contributed by atoms with E-state index in [1.807, 2.05) is 32.0 Å². The van der Waals surface area contributed by atoms with Crippen molar-refractivity contribution in [2.75, 3.05) is 0 Å². The Hall–Kier alpha value is -1.84. The molecule has 0 saturated carbocycles. The van der Waals surface area contributed by atoms with Crippen molar-refractivity contribution < 1.29 is 14.7 Å². The van der Waals surface area contributed by atoms with Crippen molar-refractivity contribution in [3.8, 4) is 0 Å². The molecule has 0 aromatic heterocycles. The number of amides is 1. The molecule has 4 heteroatoms. The molecule has 1 atom stereocenters. The largest absolute Gasteiger partial charge is 0.480 e. The zero-order valence-corrected chi connectivity index (χ0v) is 10.6. The number of benzene rings is 1. The van der Waals surface area contributed by atoms with Crippen LogP contribution in [0.2, 0.25) is 0 Å². The first kappa shape index (κ1) is 12.6. The molecule has 1 aliphatic heterocycles. The van der Waals surface area contributed by atoms with Crippen LogP contribution in [-0.2, 0) is 16.1 Å². The van der Waals surface area contributed by atoms with E-state index in [0.29, 0.717) is 19.4 Å². The van der Waals surface area contributed by atoms with Crippen LogP contribution in [0, 0.1) is 13.8 Å². The van der Waals surface area contributed by atoms with Crippen LogP contribution in [0.1, 0.15) is 29.5 Å². The smallest absolute Gasteiger partial charge is 0.326 e. The van der Waals surface area contributed by atoms with Gasteiger partial charge in [0.15, 0.2) is 0 Å². The van der Waals surface area contributed by atoms with E-state index in [4.69, 9.17) is 5.11 Å². The second-order valence-corrected chi connectivity index (χ2v) is 4.77. The maximum Gasteiger partial charge on any atom is 0.326 e. The Kier molecular flexibility index (Phi) is 3.36. The van der Waals surface area contributed by atoms with Gasteiger partial charge in [0.05, 0.1) is 0 Å². The number of aryl methyl sites for hydroxylation is 1. The SMILES string of the molecule is Cc1cccc(CN2C(=O)CCC2C(=O)O)c1C. The Bertz CT molecular complexity index is 496. The minimum atomic E-state index is -0.911. The van der Waals surface area contributed by atoms with Crippen LogP contribution in [0.25, 0.3) is 0 Å². The first-order valence-electron chi connectivity index (χ1n) is 6.08. The van der Waals surface area contributed by atoms with E-state index in [0.717, 1.165) is 16.7 Å². The normalized spacial score (nSPS) is 19.3. The number of hydrogen-bond donors (Lipinski definition) is 1. The number of carbonyl (C=O) groups excluding carboxylic acids is 1. The molecule has 96 valence electrons. The third-order valence-electron chi connectivity index (χ3n) is 3.67. The van der Waals surface area contributed by atoms with E-state index in [-0.39, 0.29) is 5.91 Å². The second kappa shape index (κ2) is 4.80. The third kappa shape index (κ3) is 2.23. The lowest BCUT2D eigenvalue weighted by molar-refractivity contribution is -0.146. The molecule has 0 radical (unpaired) electrons. The second-order valence-electron chi connectivity index (χ2n) is 4.77. The zero-order chi connectivity index (χ0) is 13.3. The van der Waals surface area contributed by atoms with Gasteiger partial charge in [-0.1, -0.05) is 18.2 Å². The van der Waals surface area contributed by atoms with Gasteiger partial charge in [-0.15, -0.1) is 0 Å². The summed E-state index contributed by atoms with van der Waals surface area (Å²) in [5.74, 6) is -0.977. The van der Waals surface area contributed by atoms with Gasteiger partial charge < -0.3 is 10.0 Å². The van der Waals surface area contributed by atoms with Gasteiger partial charge >= 0.3 is 5.97 Å². The standard InChI is InChI=1S/C14H17NO3/c1-9-4-3-5-11(10(9)2)8-15-12(14(17)18)6-7-13(15)16/h3-5,12H,6-8H2,1-2H3,(H,17,18). The van der Waals surface area contributed by atoms with Crippen molar-refractivity contribution in [2.45, 2.75) is 39.3 Å². The number of rotatable bonds is 3. The number of hydrogen-bond acceptors (Lipinski definition) is 2. The van der Waals surface area contributed by atoms with Gasteiger partial charge in [-0.2, -0.15) is 0 Å². The molecule has 0 bridgehead atoms. The van der Waals surface area contributed by atoms with Gasteiger partial charge in [0.2, 0.25) is 5.91 Å². The molecule has 1 aromatic rings. The molecule has 1 saturated heterocycles. The minimum Gasteiger partial charge on any atom is -0.480 e. The van der Waals surface area contributed by atoms with E-state index >= 15 is 0 Å². The van der Waals surface area contributed by atoms with Crippen LogP contribution in [0.4, 0.5) is 0 Å². The first-order valence-corrected chi connectivity index (χ1v) is 6.08. The highest BCUT2D eigenvalue weighted by Gasteiger charge is 2.35. The maximum absolute atomic E-state index is 11.8. The molecule has 0 spiro atoms. The fraction of sp³-hybridized carbons (Fsp3) is 0.429. The summed E-state index contributed by atoms with van der Waals surface area (Å²) in [6.45, 7) is 4.41. The van der Waals surface area contributed by atoms with Gasteiger partial charge in [-0.3, -0.25) is 4.79 Å². The Morgan fingerprint density at radius 1 is 1.44 bits per heavy atom. The fourth-order valence-corrected chi connectivity index (χ4v) is 2.36. The molecule has 4 nitrogen and oxygen atoms in total. The Labute approximate surface area is 106 Å². The summed E-state index contributed by atoms with van der Waals surface area (Å²) in [6.07, 6.45) is 0.751. The first-order chi connectivity index (χ1) is 8.50. The molecular weight excluding hydrogens is 230 g/mol. The van der Waals surface area contributed by atoms with Crippen LogP contribution in [0.3, 0.4) is 0 Å². The Morgan fingerprint density at radius 2 is 2.17 bits per heavy atom. The van der Waals surface area contributed by atoms with E-state index in [1.165, 1.54) is 4.90 Å². The maximum atomic E-state index is 11.8. The van der Waals surface area contributed by atoms with Gasteiger partial charge in [0.25, 0.3) is 0 Å². The van der Waals surface area contributed by atoms with Crippen molar-refractivity contribution in [1.29, 1.82) is 0 Å². The van der Waals surface area contributed by atoms with Crippen LogP contribution in [0.5, 0.6) is 0 Å². The summed E-state index contributed by atoms with van der Waals surface area (Å²) in [7, 11) is 0. The lowest BCUT2D eigenvalue weighted by Crippen LogP contribution is -2.38. The molecule has 1 aliphatic rings. The summed E-state index contributed by atoms with van der Waals surface area (Å²) in [4.78, 5) is 24.3. The van der Waals surface area contributed by atoms with Gasteiger partial charge in [-0.25, -0.2) is 4.79 Å². The summed E-state index contributed by atoms with van der Waals surface area (Å²) in [5.41, 5.74) is 3.31. The zero-order valence-electron chi connectivity index (χ0n) is 10.6. The molecule has 1 fully saturated rings. The molecule has 1 amide bonds. The fourth-order valence-electron chi connectivity index (χ4n) is 2.36. The molecule has 1 heterocycles. The highest BCUT2D eigenvalue weighted by Crippen LogP contribution is 2.23. The van der Waals surface area contributed by atoms with Crippen LogP contribution >= 0.6 is 0 Å². The van der Waals surface area contributed by atoms with E-state index in [1.54, 1.807) is 0 Å². The van der Waals surface area contributed by atoms with Crippen molar-refractivity contribution >= 4 is 11.9 Å². The number of nitrogens with zero attached hydrogens (tertiary/aromatic N) is 1. The quantitative estimate of drug-likeness (QED) is 0.887. The van der Waals surface area contributed by atoms with Crippen LogP contribution in [-0.4, -0.2) is 27.9 Å². The lowest BCUT2D eigenvalue weighted by Gasteiger charge is -2.23. The lowest BCUT2D eigenvalue weighted by atomic mass is 10.0. The highest BCUT2D eigenvalue weighted by molar-refractivity contribution is 5.87. The minimum absolute atomic E-state index is 0.0664. The average molecular weight is 247 g/mol. The Balaban J connectivity index is 2.24. The third-order valence-corrected chi connectivity index (χ3v) is 3.67. The van der Waals surface area contributed by atoms with Crippen molar-refractivity contribution in [3.05, 3.63) is 34.9 Å². The number of carboxylic acid groups (broad SMARTS) is 1. The average Bonchev–Trinajstić information content (AvgIpc) is 2.67. The Morgan fingerprint density at radius 3 is 2.83 bits per heavy atom. The summed E-state index contributed by atoms with van der Waals surface area (Å²) >= 11 is 0. The summed E-state index contributed by atoms with van der Waals surface area (Å²) in [5, 5.41) is 9.11. The number of likely N-dealkylation sites (tertiary alicyclic amines) is 1. The molecule has 18 heavy (non-hydrogen) atoms. The van der Waals surface area contributed by atoms with Gasteiger partial charge in [0.1, 0.15) is 6.04 Å². The van der Waals surface area contributed by atoms with E-state index in [9.17, 15) is 9.59 Å². The molecular formula is C14H17NO3. The van der Waals surface area contributed by atoms with E-state index in [2.05, 4.69) is 0 Å². The van der Waals surface area contributed by atoms with Crippen molar-refractivity contribution in [2.24, 2.45) is 0 Å². The topological polar surface area (TPSA) is 57.6 Å². The van der Waals surface area contributed by atoms with Crippen molar-refractivity contribution in [3.63, 3.8) is 0 Å². The van der Waals surface area contributed by atoms with E-state index < -0.39 is 12.0 Å². The molecule has 1 N–H and O–H groups in total. The predicted octanol–water partition coefficient (Wildman–Crippen LogP) is 1.88. The van der Waals surface area contributed by atoms with Gasteiger partial charge in [-0.05, 0) is 37.0 Å². The monoisotopic (exact) mass is 247 g/mol. The summed E-state index contributed by atoms with van der Waals surface area (Å²) < 4.78 is 0. The van der Waals surface area contributed by atoms with Crippen LogP contribution < -0.4 is 0 Å². The molecule has 0 aliphatic carbocycles. The molecule has 2 rings (SSSR count). The summed E-state index contributed by atoms with van der Waals surface area (Å²) in [6, 6.07) is 5.23. The molecule has 1 aromatic carbocycles. The molecule has 1 unspecified atom stereocenters. The van der Waals surface area contributed by atoms with Gasteiger partial charge in [0, 0.05) is 13.0 Å².